The van der Waals surface area contributed by atoms with Crippen LogP contribution in [0.25, 0.3) is 0 Å². The molecule has 2 N–H and O–H groups in total. The first kappa shape index (κ1) is 57.0. The zero-order valence-corrected chi connectivity index (χ0v) is 44.0. The number of methoxy groups -OCH3 is 2. The van der Waals surface area contributed by atoms with Crippen LogP contribution in [0.4, 0.5) is 0 Å². The smallest absolute Gasteiger partial charge is 0.404 e. The van der Waals surface area contributed by atoms with E-state index in [9.17, 15) is 23.7 Å². The van der Waals surface area contributed by atoms with Gasteiger partial charge in [-0.25, -0.2) is 4.57 Å². The molecule has 1 saturated heterocycles. The van der Waals surface area contributed by atoms with Crippen LogP contribution in [0.3, 0.4) is 0 Å². The highest BCUT2D eigenvalue weighted by molar-refractivity contribution is 7.48. The monoisotopic (exact) mass is 978 g/mol. The topological polar surface area (TPSA) is 165 Å². The number of carbonyl (C=O) groups excluding carboxylic acids is 4. The number of phosphoric ester groups is 1. The first-order valence-electron chi connectivity index (χ1n) is 24.5. The molecule has 0 unspecified atom stereocenters. The fourth-order valence-electron chi connectivity index (χ4n) is 9.29. The molecule has 1 aliphatic heterocycles. The van der Waals surface area contributed by atoms with Crippen LogP contribution in [0.15, 0.2) is 84.9 Å². The molecular formula is C53H80N5O10P. The maximum absolute atomic E-state index is 14.3. The van der Waals surface area contributed by atoms with Crippen molar-refractivity contribution in [2.24, 2.45) is 23.7 Å². The fraction of sp³-hybridized carbons (Fsp3) is 0.585. The van der Waals surface area contributed by atoms with Gasteiger partial charge >= 0.3 is 7.82 Å². The molecule has 4 amide bonds. The van der Waals surface area contributed by atoms with Gasteiger partial charge in [0.05, 0.1) is 55.9 Å². The highest BCUT2D eigenvalue weighted by atomic mass is 31.2. The van der Waals surface area contributed by atoms with Crippen LogP contribution < -0.4 is 15.2 Å². The number of benzene rings is 3. The van der Waals surface area contributed by atoms with E-state index in [1.165, 1.54) is 0 Å². The maximum Gasteiger partial charge on any atom is 0.530 e. The van der Waals surface area contributed by atoms with Crippen molar-refractivity contribution in [3.63, 3.8) is 0 Å². The van der Waals surface area contributed by atoms with Crippen molar-refractivity contribution < 1.29 is 46.8 Å². The third-order valence-corrected chi connectivity index (χ3v) is 14.6. The molecule has 8 atom stereocenters. The Morgan fingerprint density at radius 2 is 1.35 bits per heavy atom. The van der Waals surface area contributed by atoms with Crippen LogP contribution in [0, 0.1) is 23.7 Å². The summed E-state index contributed by atoms with van der Waals surface area (Å²) in [5, 5.41) is 6.10. The Labute approximate surface area is 411 Å². The molecule has 4 rings (SSSR count). The van der Waals surface area contributed by atoms with Crippen molar-refractivity contribution in [3.05, 3.63) is 102 Å². The van der Waals surface area contributed by atoms with Crippen molar-refractivity contribution in [1.29, 1.82) is 0 Å². The van der Waals surface area contributed by atoms with Gasteiger partial charge in [-0.05, 0) is 79.9 Å². The number of likely N-dealkylation sites (N-methyl/N-ethyl adjacent to an activating group) is 2. The van der Waals surface area contributed by atoms with E-state index in [4.69, 9.17) is 23.0 Å². The Bertz CT molecular complexity index is 2040. The van der Waals surface area contributed by atoms with Crippen LogP contribution in [0.5, 0.6) is 5.75 Å². The van der Waals surface area contributed by atoms with Gasteiger partial charge in [0.1, 0.15) is 11.8 Å². The van der Waals surface area contributed by atoms with Crippen molar-refractivity contribution in [1.82, 2.24) is 25.3 Å². The minimum atomic E-state index is -4.04. The molecule has 1 heterocycles. The molecular weight excluding hydrogens is 898 g/mol. The summed E-state index contributed by atoms with van der Waals surface area (Å²) >= 11 is 0. The lowest BCUT2D eigenvalue weighted by Gasteiger charge is -2.41. The normalized spacial score (nSPS) is 17.2. The number of nitrogens with one attached hydrogen (secondary N) is 2. The van der Waals surface area contributed by atoms with E-state index < -0.39 is 44.1 Å². The van der Waals surface area contributed by atoms with Crippen LogP contribution in [0.2, 0.25) is 0 Å². The first-order valence-corrected chi connectivity index (χ1v) is 25.9. The average molecular weight is 978 g/mol. The largest absolute Gasteiger partial charge is 0.530 e. The number of nitrogens with zero attached hydrogens (tertiary/aromatic N) is 3. The standard InChI is InChI=1S/C53H80N5O10P/c1-13-38(6)49(57(10)53(62)47(36(2)3)55-52(61)48(37(4)5)56(8)9)45(64-11)33-46(59)58-32-20-25-44(58)50(65-12)39(7)51(60)54-31-30-40-26-28-43(29-27-40)68-69(63,66-34-41-21-16-14-17-22-41)67-35-42-23-18-15-19-24-42/h14-19,21-24,26-29,36-39,44-45,47-50H,13,20,25,30-35H2,1-12H3,(H,54,60)(H,55,61)/t38-,39+,44-,45+,47-,48-,49-,50+/m0/s1. The van der Waals surface area contributed by atoms with E-state index >= 15 is 0 Å². The molecule has 3 aromatic rings. The molecule has 1 aliphatic rings. The third kappa shape index (κ3) is 16.5. The number of phosphoric acid groups is 1. The van der Waals surface area contributed by atoms with Gasteiger partial charge in [0, 0.05) is 34.4 Å². The van der Waals surface area contributed by atoms with Gasteiger partial charge in [0.25, 0.3) is 0 Å². The lowest BCUT2D eigenvalue weighted by molar-refractivity contribution is -0.148. The Hall–Kier alpha value is -4.63. The quantitative estimate of drug-likeness (QED) is 0.0680. The van der Waals surface area contributed by atoms with Crippen LogP contribution in [-0.4, -0.2) is 123 Å². The molecule has 16 heteroatoms. The first-order chi connectivity index (χ1) is 32.8. The SMILES string of the molecule is CC[C@H](C)[C@@H]([C@@H](CC(=O)N1CCC[C@H]1[C@H](OC)[C@@H](C)C(=O)NCCc1ccc(OP(=O)(OCc2ccccc2)OCc2ccccc2)cc1)OC)N(C)C(=O)[C@@H](NC(=O)[C@H](C(C)C)N(C)C)C(C)C. The van der Waals surface area contributed by atoms with E-state index in [-0.39, 0.29) is 67.1 Å². The Balaban J connectivity index is 1.37. The molecule has 0 bridgehead atoms. The lowest BCUT2D eigenvalue weighted by atomic mass is 9.89. The molecule has 0 aliphatic carbocycles. The summed E-state index contributed by atoms with van der Waals surface area (Å²) in [6, 6.07) is 23.8. The minimum Gasteiger partial charge on any atom is -0.404 e. The molecule has 69 heavy (non-hydrogen) atoms. The van der Waals surface area contributed by atoms with E-state index in [2.05, 4.69) is 10.6 Å². The average Bonchev–Trinajstić information content (AvgIpc) is 3.82. The third-order valence-electron chi connectivity index (χ3n) is 13.3. The number of likely N-dealkylation sites (tertiary alicyclic amines) is 1. The zero-order valence-electron chi connectivity index (χ0n) is 43.1. The highest BCUT2D eigenvalue weighted by Gasteiger charge is 2.43. The van der Waals surface area contributed by atoms with Gasteiger partial charge in [-0.2, -0.15) is 0 Å². The summed E-state index contributed by atoms with van der Waals surface area (Å²) < 4.78 is 43.3. The maximum atomic E-state index is 14.3. The molecule has 3 aromatic carbocycles. The number of amides is 4. The second-order valence-electron chi connectivity index (χ2n) is 19.2. The van der Waals surface area contributed by atoms with Gasteiger partial charge in [-0.3, -0.25) is 33.1 Å². The van der Waals surface area contributed by atoms with Gasteiger partial charge in [0.15, 0.2) is 0 Å². The molecule has 15 nitrogen and oxygen atoms in total. The molecule has 0 aromatic heterocycles. The predicted molar refractivity (Wildman–Crippen MR) is 269 cm³/mol. The van der Waals surface area contributed by atoms with E-state index in [0.29, 0.717) is 31.7 Å². The Morgan fingerprint density at radius 1 is 0.768 bits per heavy atom. The fourth-order valence-corrected chi connectivity index (χ4v) is 10.5. The second kappa shape index (κ2) is 27.7. The van der Waals surface area contributed by atoms with E-state index in [0.717, 1.165) is 29.5 Å². The Kier molecular flexibility index (Phi) is 22.8. The molecule has 0 saturated carbocycles. The zero-order chi connectivity index (χ0) is 50.8. The van der Waals surface area contributed by atoms with Crippen molar-refractivity contribution in [2.75, 3.05) is 48.5 Å². The predicted octanol–water partition coefficient (Wildman–Crippen LogP) is 7.91. The van der Waals surface area contributed by atoms with Crippen molar-refractivity contribution in [2.45, 2.75) is 130 Å². The summed E-state index contributed by atoms with van der Waals surface area (Å²) in [7, 11) is 4.55. The van der Waals surface area contributed by atoms with Crippen LogP contribution in [-0.2, 0) is 61.9 Å². The Morgan fingerprint density at radius 3 is 1.84 bits per heavy atom. The van der Waals surface area contributed by atoms with Crippen LogP contribution in [0.1, 0.15) is 90.8 Å². The summed E-state index contributed by atoms with van der Waals surface area (Å²) in [6.45, 7) is 14.6. The molecule has 0 spiro atoms. The number of hydrogen-bond acceptors (Lipinski definition) is 11. The summed E-state index contributed by atoms with van der Waals surface area (Å²) in [4.78, 5) is 61.2. The summed E-state index contributed by atoms with van der Waals surface area (Å²) in [5.41, 5.74) is 2.56. The van der Waals surface area contributed by atoms with Crippen LogP contribution >= 0.6 is 7.82 Å². The summed E-state index contributed by atoms with van der Waals surface area (Å²) in [5.74, 6) is -1.22. The highest BCUT2D eigenvalue weighted by Crippen LogP contribution is 2.51. The molecule has 382 valence electrons. The molecule has 0 radical (unpaired) electrons. The molecule has 1 fully saturated rings. The second-order valence-corrected chi connectivity index (χ2v) is 20.8. The van der Waals surface area contributed by atoms with Crippen molar-refractivity contribution in [3.8, 4) is 5.75 Å². The number of carbonyl (C=O) groups is 4. The van der Waals surface area contributed by atoms with Gasteiger partial charge in [0.2, 0.25) is 23.6 Å². The number of rotatable bonds is 28. The van der Waals surface area contributed by atoms with E-state index in [1.54, 1.807) is 38.3 Å². The van der Waals surface area contributed by atoms with Crippen molar-refractivity contribution >= 4 is 31.5 Å². The van der Waals surface area contributed by atoms with Gasteiger partial charge in [-0.15, -0.1) is 0 Å². The minimum absolute atomic E-state index is 0.0220. The lowest BCUT2D eigenvalue weighted by Crippen LogP contribution is -2.59. The number of ether oxygens (including phenoxy) is 2. The van der Waals surface area contributed by atoms with Gasteiger partial charge in [-0.1, -0.05) is 128 Å². The van der Waals surface area contributed by atoms with Gasteiger partial charge < -0.3 is 34.4 Å². The van der Waals surface area contributed by atoms with E-state index in [1.807, 2.05) is 145 Å². The summed E-state index contributed by atoms with van der Waals surface area (Å²) in [6.07, 6.45) is 1.49. The number of hydrogen-bond donors (Lipinski definition) is 2.